The summed E-state index contributed by atoms with van der Waals surface area (Å²) in [5.41, 5.74) is 2.70. The van der Waals surface area contributed by atoms with Crippen LogP contribution >= 0.6 is 11.6 Å². The van der Waals surface area contributed by atoms with Crippen LogP contribution in [-0.4, -0.2) is 11.0 Å². The van der Waals surface area contributed by atoms with E-state index in [4.69, 9.17) is 11.6 Å². The van der Waals surface area contributed by atoms with Gasteiger partial charge in [0.25, 0.3) is 0 Å². The fourth-order valence-corrected chi connectivity index (χ4v) is 4.43. The maximum absolute atomic E-state index is 6.29. The zero-order valence-electron chi connectivity index (χ0n) is 12.2. The van der Waals surface area contributed by atoms with E-state index in [0.717, 1.165) is 21.6 Å². The molecule has 2 saturated carbocycles. The van der Waals surface area contributed by atoms with Crippen LogP contribution < -0.4 is 5.32 Å². The van der Waals surface area contributed by atoms with Crippen molar-refractivity contribution >= 4 is 28.2 Å². The van der Waals surface area contributed by atoms with Crippen molar-refractivity contribution in [3.63, 3.8) is 0 Å². The number of hydrogen-bond acceptors (Lipinski definition) is 2. The molecule has 4 rings (SSSR count). The highest BCUT2D eigenvalue weighted by Crippen LogP contribution is 2.53. The molecule has 1 N–H and O–H groups in total. The first-order valence-electron chi connectivity index (χ1n) is 8.08. The van der Waals surface area contributed by atoms with Gasteiger partial charge in [-0.25, -0.2) is 0 Å². The van der Waals surface area contributed by atoms with Crippen molar-refractivity contribution in [2.24, 2.45) is 5.41 Å². The Kier molecular flexibility index (Phi) is 3.30. The molecule has 1 heterocycles. The van der Waals surface area contributed by atoms with Crippen molar-refractivity contribution in [3.8, 4) is 0 Å². The predicted molar refractivity (Wildman–Crippen MR) is 88.9 cm³/mol. The summed E-state index contributed by atoms with van der Waals surface area (Å²) in [6, 6.07) is 8.69. The van der Waals surface area contributed by atoms with Gasteiger partial charge in [-0.2, -0.15) is 0 Å². The highest BCUT2D eigenvalue weighted by Gasteiger charge is 2.46. The predicted octanol–water partition coefficient (Wildman–Crippen LogP) is 5.41. The Hall–Kier alpha value is -1.28. The first-order valence-corrected chi connectivity index (χ1v) is 8.46. The Morgan fingerprint density at radius 1 is 1.10 bits per heavy atom. The average Bonchev–Trinajstić information content (AvgIpc) is 2.54. The normalized spacial score (nSPS) is 24.0. The van der Waals surface area contributed by atoms with Crippen molar-refractivity contribution in [1.82, 2.24) is 4.98 Å². The standard InChI is InChI=1S/C18H21ClN2/c19-14-6-7-15(17-13(14)5-4-12-20-17)21-16-8-11-18(16)9-2-1-3-10-18/h4-7,12,16,21H,1-3,8-11H2. The molecule has 3 heteroatoms. The molecule has 1 spiro atoms. The number of fused-ring (bicyclic) bond motifs is 1. The molecular weight excluding hydrogens is 280 g/mol. The van der Waals surface area contributed by atoms with E-state index in [9.17, 15) is 0 Å². The number of nitrogens with one attached hydrogen (secondary N) is 1. The second-order valence-corrected chi connectivity index (χ2v) is 7.06. The first-order chi connectivity index (χ1) is 10.3. The Bertz CT molecular complexity index is 661. The Labute approximate surface area is 130 Å². The summed E-state index contributed by atoms with van der Waals surface area (Å²) in [6.45, 7) is 0. The van der Waals surface area contributed by atoms with E-state index in [1.807, 2.05) is 24.4 Å². The smallest absolute Gasteiger partial charge is 0.0948 e. The molecule has 2 nitrogen and oxygen atoms in total. The van der Waals surface area contributed by atoms with Gasteiger partial charge in [0.15, 0.2) is 0 Å². The van der Waals surface area contributed by atoms with Crippen LogP contribution in [0.1, 0.15) is 44.9 Å². The van der Waals surface area contributed by atoms with Gasteiger partial charge >= 0.3 is 0 Å². The summed E-state index contributed by atoms with van der Waals surface area (Å²) in [5.74, 6) is 0. The molecule has 1 aromatic heterocycles. The number of hydrogen-bond donors (Lipinski definition) is 1. The van der Waals surface area contributed by atoms with Gasteiger partial charge in [-0.15, -0.1) is 0 Å². The van der Waals surface area contributed by atoms with Gasteiger partial charge in [0.05, 0.1) is 16.2 Å². The topological polar surface area (TPSA) is 24.9 Å². The van der Waals surface area contributed by atoms with Crippen molar-refractivity contribution in [1.29, 1.82) is 0 Å². The molecule has 0 saturated heterocycles. The van der Waals surface area contributed by atoms with Gasteiger partial charge in [-0.3, -0.25) is 4.98 Å². The van der Waals surface area contributed by atoms with E-state index in [0.29, 0.717) is 11.5 Å². The van der Waals surface area contributed by atoms with Gasteiger partial charge in [0, 0.05) is 17.6 Å². The molecule has 0 bridgehead atoms. The van der Waals surface area contributed by atoms with Crippen LogP contribution in [0.5, 0.6) is 0 Å². The maximum Gasteiger partial charge on any atom is 0.0948 e. The second kappa shape index (κ2) is 5.17. The van der Waals surface area contributed by atoms with Crippen LogP contribution in [0.2, 0.25) is 5.02 Å². The molecule has 2 aliphatic carbocycles. The molecule has 2 aliphatic rings. The Balaban J connectivity index is 1.64. The fourth-order valence-electron chi connectivity index (χ4n) is 4.22. The minimum Gasteiger partial charge on any atom is -0.380 e. The molecular formula is C18H21ClN2. The zero-order valence-corrected chi connectivity index (χ0v) is 13.0. The fraction of sp³-hybridized carbons (Fsp3) is 0.500. The van der Waals surface area contributed by atoms with Gasteiger partial charge in [-0.05, 0) is 55.4 Å². The highest BCUT2D eigenvalue weighted by atomic mass is 35.5. The first kappa shape index (κ1) is 13.4. The van der Waals surface area contributed by atoms with Gasteiger partial charge < -0.3 is 5.32 Å². The number of aromatic nitrogens is 1. The lowest BCUT2D eigenvalue weighted by Crippen LogP contribution is -2.50. The lowest BCUT2D eigenvalue weighted by atomic mass is 9.57. The molecule has 0 radical (unpaired) electrons. The molecule has 0 amide bonds. The van der Waals surface area contributed by atoms with E-state index >= 15 is 0 Å². The molecule has 110 valence electrons. The number of benzene rings is 1. The molecule has 2 fully saturated rings. The van der Waals surface area contributed by atoms with Crippen LogP contribution in [0, 0.1) is 5.41 Å². The third-order valence-electron chi connectivity index (χ3n) is 5.57. The lowest BCUT2D eigenvalue weighted by Gasteiger charge is -2.52. The maximum atomic E-state index is 6.29. The molecule has 1 aromatic carbocycles. The summed E-state index contributed by atoms with van der Waals surface area (Å²) in [4.78, 5) is 4.54. The van der Waals surface area contributed by atoms with Crippen LogP contribution in [0.3, 0.4) is 0 Å². The minimum absolute atomic E-state index is 0.555. The largest absolute Gasteiger partial charge is 0.380 e. The van der Waals surface area contributed by atoms with Crippen molar-refractivity contribution < 1.29 is 0 Å². The zero-order chi connectivity index (χ0) is 14.3. The van der Waals surface area contributed by atoms with E-state index in [1.165, 1.54) is 44.9 Å². The number of anilines is 1. The molecule has 1 atom stereocenters. The third-order valence-corrected chi connectivity index (χ3v) is 5.90. The number of halogens is 1. The van der Waals surface area contributed by atoms with Crippen molar-refractivity contribution in [3.05, 3.63) is 35.5 Å². The SMILES string of the molecule is Clc1ccc(NC2CCC23CCCCC3)c2ncccc12. The minimum atomic E-state index is 0.555. The summed E-state index contributed by atoms with van der Waals surface area (Å²) in [6.07, 6.45) is 11.5. The van der Waals surface area contributed by atoms with Crippen molar-refractivity contribution in [2.45, 2.75) is 51.0 Å². The number of pyridine rings is 1. The average molecular weight is 301 g/mol. The number of rotatable bonds is 2. The van der Waals surface area contributed by atoms with E-state index < -0.39 is 0 Å². The third kappa shape index (κ3) is 2.20. The molecule has 0 aliphatic heterocycles. The monoisotopic (exact) mass is 300 g/mol. The van der Waals surface area contributed by atoms with Gasteiger partial charge in [-0.1, -0.05) is 30.9 Å². The van der Waals surface area contributed by atoms with Crippen molar-refractivity contribution in [2.75, 3.05) is 5.32 Å². The molecule has 21 heavy (non-hydrogen) atoms. The van der Waals surface area contributed by atoms with E-state index in [2.05, 4.69) is 16.4 Å². The Morgan fingerprint density at radius 3 is 2.71 bits per heavy atom. The van der Waals surface area contributed by atoms with E-state index in [1.54, 1.807) is 0 Å². The van der Waals surface area contributed by atoms with Crippen LogP contribution in [0.15, 0.2) is 30.5 Å². The summed E-state index contributed by atoms with van der Waals surface area (Å²) in [5, 5.41) is 5.61. The summed E-state index contributed by atoms with van der Waals surface area (Å²) in [7, 11) is 0. The number of nitrogens with zero attached hydrogens (tertiary/aromatic N) is 1. The quantitative estimate of drug-likeness (QED) is 0.801. The van der Waals surface area contributed by atoms with Gasteiger partial charge in [0.2, 0.25) is 0 Å². The lowest BCUT2D eigenvalue weighted by molar-refractivity contribution is 0.0572. The van der Waals surface area contributed by atoms with Gasteiger partial charge in [0.1, 0.15) is 0 Å². The molecule has 2 aromatic rings. The van der Waals surface area contributed by atoms with E-state index in [-0.39, 0.29) is 0 Å². The summed E-state index contributed by atoms with van der Waals surface area (Å²) < 4.78 is 0. The van der Waals surface area contributed by atoms with Crippen LogP contribution in [0.4, 0.5) is 5.69 Å². The van der Waals surface area contributed by atoms with Crippen LogP contribution in [0.25, 0.3) is 10.9 Å². The molecule has 1 unspecified atom stereocenters. The highest BCUT2D eigenvalue weighted by molar-refractivity contribution is 6.35. The Morgan fingerprint density at radius 2 is 1.95 bits per heavy atom. The van der Waals surface area contributed by atoms with Crippen LogP contribution in [-0.2, 0) is 0 Å². The second-order valence-electron chi connectivity index (χ2n) is 6.65. The summed E-state index contributed by atoms with van der Waals surface area (Å²) >= 11 is 6.29.